The van der Waals surface area contributed by atoms with E-state index in [1.54, 1.807) is 28.9 Å². The predicted molar refractivity (Wildman–Crippen MR) is 169 cm³/mol. The second-order valence-corrected chi connectivity index (χ2v) is 10.7. The molecule has 4 amide bonds. The number of fused-ring (bicyclic) bond motifs is 1. The van der Waals surface area contributed by atoms with Crippen molar-refractivity contribution < 1.29 is 14.3 Å². The molecule has 4 N–H and O–H groups in total. The zero-order valence-electron chi connectivity index (χ0n) is 24.8. The lowest BCUT2D eigenvalue weighted by molar-refractivity contribution is 0.122. The van der Waals surface area contributed by atoms with Crippen LogP contribution >= 0.6 is 0 Å². The number of urea groups is 2. The monoisotopic (exact) mass is 599 g/mol. The Kier molecular flexibility index (Phi) is 9.08. The van der Waals surface area contributed by atoms with Crippen LogP contribution in [0.2, 0.25) is 0 Å². The van der Waals surface area contributed by atoms with E-state index < -0.39 is 0 Å². The molecule has 2 aliphatic heterocycles. The number of nitrogens with one attached hydrogen (secondary N) is 4. The van der Waals surface area contributed by atoms with Crippen molar-refractivity contribution in [2.45, 2.75) is 26.3 Å². The molecule has 44 heavy (non-hydrogen) atoms. The van der Waals surface area contributed by atoms with E-state index >= 15 is 0 Å². The van der Waals surface area contributed by atoms with Crippen LogP contribution in [0.15, 0.2) is 48.5 Å². The highest BCUT2D eigenvalue weighted by Gasteiger charge is 2.22. The van der Waals surface area contributed by atoms with Crippen molar-refractivity contribution >= 4 is 46.1 Å². The number of aromatic nitrogens is 5. The molecule has 0 atom stereocenters. The number of anilines is 4. The zero-order valence-corrected chi connectivity index (χ0v) is 24.8. The molecule has 4 heterocycles. The molecule has 4 aromatic rings. The van der Waals surface area contributed by atoms with E-state index in [0.29, 0.717) is 60.4 Å². The van der Waals surface area contributed by atoms with Gasteiger partial charge in [0.05, 0.1) is 13.2 Å². The third kappa shape index (κ3) is 7.03. The van der Waals surface area contributed by atoms with Gasteiger partial charge in [-0.1, -0.05) is 5.21 Å². The number of ether oxygens (including phenoxy) is 1. The number of aryl methyl sites for hydroxylation is 1. The molecule has 0 saturated carbocycles. The predicted octanol–water partition coefficient (Wildman–Crippen LogP) is 3.61. The summed E-state index contributed by atoms with van der Waals surface area (Å²) >= 11 is 0. The van der Waals surface area contributed by atoms with Crippen LogP contribution in [0.1, 0.15) is 19.8 Å². The van der Waals surface area contributed by atoms with Gasteiger partial charge in [-0.3, -0.25) is 0 Å². The van der Waals surface area contributed by atoms with E-state index in [2.05, 4.69) is 41.4 Å². The first-order valence-electron chi connectivity index (χ1n) is 15.1. The molecule has 0 unspecified atom stereocenters. The number of likely N-dealkylation sites (tertiary alicyclic amines) is 1. The van der Waals surface area contributed by atoms with Crippen molar-refractivity contribution in [3.05, 3.63) is 48.5 Å². The van der Waals surface area contributed by atoms with Crippen LogP contribution in [-0.2, 0) is 11.3 Å². The fourth-order valence-corrected chi connectivity index (χ4v) is 5.32. The normalized spacial score (nSPS) is 15.3. The summed E-state index contributed by atoms with van der Waals surface area (Å²) in [7, 11) is 0. The molecule has 2 saturated heterocycles. The summed E-state index contributed by atoms with van der Waals surface area (Å²) in [4.78, 5) is 39.0. The highest BCUT2D eigenvalue weighted by atomic mass is 16.5. The summed E-state index contributed by atoms with van der Waals surface area (Å²) in [5.74, 6) is 1.30. The standard InChI is InChI=1S/C30H37N11O3/c1-2-41-28-25(37-38-41)27(40-17-19-44-20-18-40)35-26(36-28)21-5-7-22(8-6-21)33-30(43)34-24-11-9-23(10-12-24)32-29(42)31-13-16-39-14-3-4-15-39/h5-12H,2-4,13-20H2,1H3,(H2,31,32,42)(H2,33,34,43). The van der Waals surface area contributed by atoms with E-state index in [0.717, 1.165) is 44.1 Å². The van der Waals surface area contributed by atoms with E-state index in [1.807, 2.05) is 31.2 Å². The van der Waals surface area contributed by atoms with E-state index in [4.69, 9.17) is 14.7 Å². The first kappa shape index (κ1) is 29.3. The van der Waals surface area contributed by atoms with Crippen LogP contribution in [0, 0.1) is 0 Å². The van der Waals surface area contributed by atoms with Crippen molar-refractivity contribution in [3.8, 4) is 11.4 Å². The number of morpholine rings is 1. The molecule has 0 aliphatic carbocycles. The Balaban J connectivity index is 1.04. The maximum Gasteiger partial charge on any atom is 0.323 e. The number of carbonyl (C=O) groups excluding carboxylic acids is 2. The van der Waals surface area contributed by atoms with Gasteiger partial charge >= 0.3 is 12.1 Å². The highest BCUT2D eigenvalue weighted by Crippen LogP contribution is 2.27. The molecule has 14 heteroatoms. The van der Waals surface area contributed by atoms with Crippen LogP contribution in [0.5, 0.6) is 0 Å². The number of nitrogens with zero attached hydrogens (tertiary/aromatic N) is 7. The topological polar surface area (TPSA) is 154 Å². The minimum atomic E-state index is -0.386. The largest absolute Gasteiger partial charge is 0.378 e. The summed E-state index contributed by atoms with van der Waals surface area (Å²) < 4.78 is 7.28. The van der Waals surface area contributed by atoms with Crippen LogP contribution in [-0.4, -0.2) is 94.4 Å². The molecular weight excluding hydrogens is 562 g/mol. The van der Waals surface area contributed by atoms with Crippen molar-refractivity contribution in [1.29, 1.82) is 0 Å². The van der Waals surface area contributed by atoms with Gasteiger partial charge in [0.25, 0.3) is 0 Å². The molecule has 2 aliphatic rings. The lowest BCUT2D eigenvalue weighted by Crippen LogP contribution is -2.37. The molecule has 14 nitrogen and oxygen atoms in total. The second kappa shape index (κ2) is 13.7. The minimum absolute atomic E-state index is 0.249. The Morgan fingerprint density at radius 2 is 1.43 bits per heavy atom. The van der Waals surface area contributed by atoms with E-state index in [9.17, 15) is 9.59 Å². The Morgan fingerprint density at radius 1 is 0.818 bits per heavy atom. The number of benzene rings is 2. The molecule has 2 aromatic heterocycles. The Labute approximate surface area is 255 Å². The highest BCUT2D eigenvalue weighted by molar-refractivity contribution is 6.00. The smallest absolute Gasteiger partial charge is 0.323 e. The summed E-state index contributed by atoms with van der Waals surface area (Å²) in [5.41, 5.74) is 4.01. The van der Waals surface area contributed by atoms with Crippen molar-refractivity contribution in [3.63, 3.8) is 0 Å². The van der Waals surface area contributed by atoms with Crippen molar-refractivity contribution in [2.75, 3.05) is 73.3 Å². The SMILES string of the molecule is CCn1nnc2c(N3CCOCC3)nc(-c3ccc(NC(=O)Nc4ccc(NC(=O)NCCN5CCCC5)cc4)cc3)nc21. The number of hydrogen-bond acceptors (Lipinski definition) is 9. The lowest BCUT2D eigenvalue weighted by Gasteiger charge is -2.27. The molecule has 0 spiro atoms. The van der Waals surface area contributed by atoms with Crippen LogP contribution in [0.25, 0.3) is 22.6 Å². The fourth-order valence-electron chi connectivity index (χ4n) is 5.32. The number of carbonyl (C=O) groups is 2. The average molecular weight is 600 g/mol. The third-order valence-corrected chi connectivity index (χ3v) is 7.67. The molecular formula is C30H37N11O3. The summed E-state index contributed by atoms with van der Waals surface area (Å²) in [5, 5.41) is 20.0. The van der Waals surface area contributed by atoms with Crippen LogP contribution < -0.4 is 26.2 Å². The second-order valence-electron chi connectivity index (χ2n) is 10.7. The Hall–Kier alpha value is -4.82. The van der Waals surface area contributed by atoms with Gasteiger partial charge in [0.1, 0.15) is 0 Å². The van der Waals surface area contributed by atoms with Crippen molar-refractivity contribution in [1.82, 2.24) is 35.2 Å². The van der Waals surface area contributed by atoms with Gasteiger partial charge in [-0.25, -0.2) is 24.2 Å². The molecule has 2 fully saturated rings. The molecule has 0 bridgehead atoms. The Bertz CT molecular complexity index is 1580. The van der Waals surface area contributed by atoms with Gasteiger partial charge in [0.15, 0.2) is 22.8 Å². The van der Waals surface area contributed by atoms with Gasteiger partial charge in [-0.05, 0) is 81.4 Å². The van der Waals surface area contributed by atoms with E-state index in [1.165, 1.54) is 12.8 Å². The van der Waals surface area contributed by atoms with Crippen LogP contribution in [0.4, 0.5) is 32.5 Å². The van der Waals surface area contributed by atoms with Gasteiger partial charge in [0.2, 0.25) is 0 Å². The first-order valence-corrected chi connectivity index (χ1v) is 15.1. The van der Waals surface area contributed by atoms with Gasteiger partial charge < -0.3 is 35.8 Å². The summed E-state index contributed by atoms with van der Waals surface area (Å²) in [6.07, 6.45) is 2.46. The molecule has 0 radical (unpaired) electrons. The minimum Gasteiger partial charge on any atom is -0.378 e. The fraction of sp³-hybridized carbons (Fsp3) is 0.400. The van der Waals surface area contributed by atoms with Gasteiger partial charge in [-0.15, -0.1) is 5.10 Å². The van der Waals surface area contributed by atoms with Crippen molar-refractivity contribution in [2.24, 2.45) is 0 Å². The van der Waals surface area contributed by atoms with Gasteiger partial charge in [-0.2, -0.15) is 0 Å². The molecule has 2 aromatic carbocycles. The number of rotatable bonds is 9. The summed E-state index contributed by atoms with van der Waals surface area (Å²) in [6, 6.07) is 13.7. The maximum atomic E-state index is 12.7. The zero-order chi connectivity index (χ0) is 30.3. The number of amides is 4. The molecule has 6 rings (SSSR count). The van der Waals surface area contributed by atoms with E-state index in [-0.39, 0.29) is 12.1 Å². The summed E-state index contributed by atoms with van der Waals surface area (Å²) in [6.45, 7) is 8.99. The number of hydrogen-bond donors (Lipinski definition) is 4. The Morgan fingerprint density at radius 3 is 2.07 bits per heavy atom. The van der Waals surface area contributed by atoms with Gasteiger partial charge in [0, 0.05) is 55.3 Å². The quantitative estimate of drug-likeness (QED) is 0.226. The molecule has 230 valence electrons. The maximum absolute atomic E-state index is 12.7. The third-order valence-electron chi connectivity index (χ3n) is 7.67. The lowest BCUT2D eigenvalue weighted by atomic mass is 10.2. The average Bonchev–Trinajstić information content (AvgIpc) is 3.72. The van der Waals surface area contributed by atoms with Crippen LogP contribution in [0.3, 0.4) is 0 Å². The first-order chi connectivity index (χ1) is 21.6.